The number of nitrogens with zero attached hydrogens (tertiary/aromatic N) is 1. The molecule has 19 heavy (non-hydrogen) atoms. The molecule has 0 aliphatic heterocycles. The fraction of sp³-hybridized carbons (Fsp3) is 0.600. The van der Waals surface area contributed by atoms with Crippen LogP contribution in [0.1, 0.15) is 38.2 Å². The van der Waals surface area contributed by atoms with Crippen LogP contribution < -0.4 is 5.73 Å². The molecule has 1 aromatic carbocycles. The zero-order chi connectivity index (χ0) is 13.9. The van der Waals surface area contributed by atoms with E-state index in [1.807, 2.05) is 12.1 Å². The Bertz CT molecular complexity index is 434. The van der Waals surface area contributed by atoms with E-state index < -0.39 is 0 Å². The van der Waals surface area contributed by atoms with Gasteiger partial charge in [0.1, 0.15) is 0 Å². The summed E-state index contributed by atoms with van der Waals surface area (Å²) in [6, 6.07) is 6.91. The summed E-state index contributed by atoms with van der Waals surface area (Å²) in [6.07, 6.45) is 5.76. The van der Waals surface area contributed by atoms with Gasteiger partial charge in [-0.15, -0.1) is 0 Å². The van der Waals surface area contributed by atoms with E-state index in [1.54, 1.807) is 12.1 Å². The van der Waals surface area contributed by atoms with Crippen molar-refractivity contribution in [3.63, 3.8) is 0 Å². The van der Waals surface area contributed by atoms with Gasteiger partial charge in [-0.1, -0.05) is 31.9 Å². The minimum Gasteiger partial charge on any atom is -0.330 e. The molecule has 0 amide bonds. The standard InChI is InChI=1S/C15H22N2O2/c1-12-6-8-15(11-16,9-7-12)10-13-2-4-14(5-3-13)17(18)19/h2-5,12H,6-11,16H2,1H3. The highest BCUT2D eigenvalue weighted by Crippen LogP contribution is 2.40. The maximum Gasteiger partial charge on any atom is 0.269 e. The molecular weight excluding hydrogens is 240 g/mol. The van der Waals surface area contributed by atoms with Gasteiger partial charge in [-0.3, -0.25) is 10.1 Å². The number of nitro groups is 1. The second-order valence-corrected chi connectivity index (χ2v) is 5.99. The van der Waals surface area contributed by atoms with Crippen molar-refractivity contribution in [2.24, 2.45) is 17.1 Å². The zero-order valence-corrected chi connectivity index (χ0v) is 11.5. The topological polar surface area (TPSA) is 69.2 Å². The van der Waals surface area contributed by atoms with Crippen molar-refractivity contribution in [3.8, 4) is 0 Å². The van der Waals surface area contributed by atoms with E-state index in [0.717, 1.165) is 17.9 Å². The second-order valence-electron chi connectivity index (χ2n) is 5.99. The summed E-state index contributed by atoms with van der Waals surface area (Å²) in [6.45, 7) is 3.00. The van der Waals surface area contributed by atoms with Gasteiger partial charge in [0.25, 0.3) is 5.69 Å². The third-order valence-corrected chi connectivity index (χ3v) is 4.49. The van der Waals surface area contributed by atoms with Crippen molar-refractivity contribution in [2.75, 3.05) is 6.54 Å². The van der Waals surface area contributed by atoms with E-state index in [2.05, 4.69) is 6.92 Å². The number of nitro benzene ring substituents is 1. The third-order valence-electron chi connectivity index (χ3n) is 4.49. The van der Waals surface area contributed by atoms with E-state index >= 15 is 0 Å². The smallest absolute Gasteiger partial charge is 0.269 e. The van der Waals surface area contributed by atoms with Gasteiger partial charge in [-0.05, 0) is 42.7 Å². The molecule has 2 N–H and O–H groups in total. The Hall–Kier alpha value is -1.42. The number of nitrogens with two attached hydrogens (primary N) is 1. The van der Waals surface area contributed by atoms with Crippen molar-refractivity contribution in [2.45, 2.75) is 39.0 Å². The molecule has 1 aromatic rings. The van der Waals surface area contributed by atoms with Crippen LogP contribution in [-0.4, -0.2) is 11.5 Å². The number of benzene rings is 1. The van der Waals surface area contributed by atoms with Gasteiger partial charge >= 0.3 is 0 Å². The monoisotopic (exact) mass is 262 g/mol. The van der Waals surface area contributed by atoms with Crippen molar-refractivity contribution >= 4 is 5.69 Å². The molecule has 2 rings (SSSR count). The fourth-order valence-corrected chi connectivity index (χ4v) is 3.00. The lowest BCUT2D eigenvalue weighted by Crippen LogP contribution is -2.36. The van der Waals surface area contributed by atoms with Crippen molar-refractivity contribution in [1.82, 2.24) is 0 Å². The summed E-state index contributed by atoms with van der Waals surface area (Å²) in [5.41, 5.74) is 7.51. The molecule has 0 heterocycles. The zero-order valence-electron chi connectivity index (χ0n) is 11.5. The summed E-state index contributed by atoms with van der Waals surface area (Å²) in [5.74, 6) is 0.802. The summed E-state index contributed by atoms with van der Waals surface area (Å²) in [5, 5.41) is 10.6. The summed E-state index contributed by atoms with van der Waals surface area (Å²) < 4.78 is 0. The third kappa shape index (κ3) is 3.32. The first kappa shape index (κ1) is 14.0. The second kappa shape index (κ2) is 5.70. The van der Waals surface area contributed by atoms with E-state index in [9.17, 15) is 10.1 Å². The molecule has 104 valence electrons. The Labute approximate surface area is 114 Å². The van der Waals surface area contributed by atoms with Crippen molar-refractivity contribution < 1.29 is 4.92 Å². The summed E-state index contributed by atoms with van der Waals surface area (Å²) in [7, 11) is 0. The van der Waals surface area contributed by atoms with Crippen LogP contribution in [0.3, 0.4) is 0 Å². The van der Waals surface area contributed by atoms with Crippen LogP contribution in [0.5, 0.6) is 0 Å². The first-order valence-electron chi connectivity index (χ1n) is 6.98. The predicted octanol–water partition coefficient (Wildman–Crippen LogP) is 3.29. The Balaban J connectivity index is 2.08. The van der Waals surface area contributed by atoms with E-state index in [1.165, 1.54) is 25.7 Å². The van der Waals surface area contributed by atoms with Crippen LogP contribution in [0.2, 0.25) is 0 Å². The minimum atomic E-state index is -0.356. The largest absolute Gasteiger partial charge is 0.330 e. The first-order chi connectivity index (χ1) is 9.04. The SMILES string of the molecule is CC1CCC(CN)(Cc2ccc([N+](=O)[O-])cc2)CC1. The van der Waals surface area contributed by atoms with Crippen LogP contribution in [0.25, 0.3) is 0 Å². The van der Waals surface area contributed by atoms with Gasteiger partial charge in [0, 0.05) is 12.1 Å². The number of hydrogen-bond donors (Lipinski definition) is 1. The molecule has 0 atom stereocenters. The summed E-state index contributed by atoms with van der Waals surface area (Å²) >= 11 is 0. The van der Waals surface area contributed by atoms with Crippen LogP contribution in [-0.2, 0) is 6.42 Å². The fourth-order valence-electron chi connectivity index (χ4n) is 3.00. The number of hydrogen-bond acceptors (Lipinski definition) is 3. The lowest BCUT2D eigenvalue weighted by molar-refractivity contribution is -0.384. The Morgan fingerprint density at radius 1 is 1.32 bits per heavy atom. The molecule has 1 aliphatic rings. The minimum absolute atomic E-state index is 0.155. The molecule has 1 fully saturated rings. The molecule has 0 unspecified atom stereocenters. The summed E-state index contributed by atoms with van der Waals surface area (Å²) in [4.78, 5) is 10.3. The highest BCUT2D eigenvalue weighted by molar-refractivity contribution is 5.33. The van der Waals surface area contributed by atoms with Crippen LogP contribution in [0.15, 0.2) is 24.3 Å². The van der Waals surface area contributed by atoms with Gasteiger partial charge in [0.05, 0.1) is 4.92 Å². The molecule has 1 saturated carbocycles. The lowest BCUT2D eigenvalue weighted by Gasteiger charge is -2.38. The molecule has 0 saturated heterocycles. The molecule has 0 aromatic heterocycles. The van der Waals surface area contributed by atoms with Gasteiger partial charge in [0.15, 0.2) is 0 Å². The van der Waals surface area contributed by atoms with Crippen LogP contribution >= 0.6 is 0 Å². The maximum absolute atomic E-state index is 10.6. The first-order valence-corrected chi connectivity index (χ1v) is 6.98. The molecule has 0 spiro atoms. The van der Waals surface area contributed by atoms with Crippen molar-refractivity contribution in [1.29, 1.82) is 0 Å². The van der Waals surface area contributed by atoms with E-state index in [-0.39, 0.29) is 16.0 Å². The molecule has 4 nitrogen and oxygen atoms in total. The number of rotatable bonds is 4. The van der Waals surface area contributed by atoms with Crippen molar-refractivity contribution in [3.05, 3.63) is 39.9 Å². The highest BCUT2D eigenvalue weighted by atomic mass is 16.6. The Morgan fingerprint density at radius 2 is 1.89 bits per heavy atom. The molecule has 0 bridgehead atoms. The van der Waals surface area contributed by atoms with Crippen LogP contribution in [0.4, 0.5) is 5.69 Å². The van der Waals surface area contributed by atoms with Crippen LogP contribution in [0, 0.1) is 21.4 Å². The Kier molecular flexibility index (Phi) is 4.20. The Morgan fingerprint density at radius 3 is 2.37 bits per heavy atom. The van der Waals surface area contributed by atoms with Gasteiger partial charge in [-0.2, -0.15) is 0 Å². The van der Waals surface area contributed by atoms with E-state index in [4.69, 9.17) is 5.73 Å². The molecule has 4 heteroatoms. The average Bonchev–Trinajstić information content (AvgIpc) is 2.42. The maximum atomic E-state index is 10.6. The molecular formula is C15H22N2O2. The van der Waals surface area contributed by atoms with E-state index in [0.29, 0.717) is 6.54 Å². The lowest BCUT2D eigenvalue weighted by atomic mass is 9.68. The normalized spacial score (nSPS) is 27.2. The van der Waals surface area contributed by atoms with Gasteiger partial charge in [0.2, 0.25) is 0 Å². The average molecular weight is 262 g/mol. The molecule has 1 aliphatic carbocycles. The van der Waals surface area contributed by atoms with Gasteiger partial charge < -0.3 is 5.73 Å². The molecule has 0 radical (unpaired) electrons. The highest BCUT2D eigenvalue weighted by Gasteiger charge is 2.33. The quantitative estimate of drug-likeness (QED) is 0.668. The predicted molar refractivity (Wildman–Crippen MR) is 75.9 cm³/mol. The van der Waals surface area contributed by atoms with Gasteiger partial charge in [-0.25, -0.2) is 0 Å². The number of non-ortho nitro benzene ring substituents is 1.